The Bertz CT molecular complexity index is 238. The Morgan fingerprint density at radius 3 is 2.50 bits per heavy atom. The summed E-state index contributed by atoms with van der Waals surface area (Å²) in [6.45, 7) is 7.56. The summed E-state index contributed by atoms with van der Waals surface area (Å²) in [4.78, 5) is 13.6. The number of hydrogen-bond acceptors (Lipinski definition) is 4. The van der Waals surface area contributed by atoms with Gasteiger partial charge in [-0.3, -0.25) is 4.79 Å². The van der Waals surface area contributed by atoms with Crippen molar-refractivity contribution in [2.24, 2.45) is 5.92 Å². The number of rotatable bonds is 7. The maximum atomic E-state index is 11.8. The average Bonchev–Trinajstić information content (AvgIpc) is 2.41. The molecule has 0 aliphatic carbocycles. The lowest BCUT2D eigenvalue weighted by Crippen LogP contribution is -2.46. The molecule has 1 aliphatic heterocycles. The van der Waals surface area contributed by atoms with Crippen LogP contribution in [0.5, 0.6) is 0 Å². The van der Waals surface area contributed by atoms with Crippen molar-refractivity contribution >= 4 is 5.91 Å². The molecule has 0 aromatic rings. The number of carbonyl (C=O) groups is 1. The molecule has 1 atom stereocenters. The Hall–Kier alpha value is -0.650. The minimum atomic E-state index is -0.363. The molecule has 1 unspecified atom stereocenters. The van der Waals surface area contributed by atoms with Gasteiger partial charge in [0.05, 0.1) is 25.9 Å². The lowest BCUT2D eigenvalue weighted by molar-refractivity contribution is -0.134. The van der Waals surface area contributed by atoms with Crippen LogP contribution in [0, 0.1) is 5.92 Å². The van der Waals surface area contributed by atoms with E-state index >= 15 is 0 Å². The van der Waals surface area contributed by atoms with E-state index < -0.39 is 0 Å². The van der Waals surface area contributed by atoms with Gasteiger partial charge in [-0.1, -0.05) is 26.7 Å². The molecule has 0 bridgehead atoms. The Morgan fingerprint density at radius 1 is 1.33 bits per heavy atom. The molecular weight excluding hydrogens is 232 g/mol. The predicted octanol–water partition coefficient (Wildman–Crippen LogP) is 0.232. The van der Waals surface area contributed by atoms with E-state index in [1.54, 1.807) is 4.90 Å². The van der Waals surface area contributed by atoms with E-state index in [0.29, 0.717) is 45.3 Å². The molecule has 1 amide bonds. The van der Waals surface area contributed by atoms with E-state index in [4.69, 9.17) is 4.74 Å². The van der Waals surface area contributed by atoms with Gasteiger partial charge in [0.15, 0.2) is 0 Å². The van der Waals surface area contributed by atoms with Crippen LogP contribution in [-0.4, -0.2) is 61.4 Å². The van der Waals surface area contributed by atoms with Crippen LogP contribution in [0.15, 0.2) is 0 Å². The number of aliphatic hydroxyl groups is 1. The van der Waals surface area contributed by atoms with Crippen molar-refractivity contribution < 1.29 is 14.6 Å². The third-order valence-electron chi connectivity index (χ3n) is 3.59. The molecule has 18 heavy (non-hydrogen) atoms. The summed E-state index contributed by atoms with van der Waals surface area (Å²) < 4.78 is 5.20. The van der Waals surface area contributed by atoms with Crippen molar-refractivity contribution in [1.29, 1.82) is 0 Å². The van der Waals surface area contributed by atoms with Crippen LogP contribution < -0.4 is 5.32 Å². The molecule has 5 nitrogen and oxygen atoms in total. The number of carbonyl (C=O) groups excluding carboxylic acids is 1. The zero-order valence-electron chi connectivity index (χ0n) is 11.5. The maximum Gasteiger partial charge on any atom is 0.236 e. The lowest BCUT2D eigenvalue weighted by atomic mass is 9.97. The molecule has 0 spiro atoms. The van der Waals surface area contributed by atoms with E-state index in [1.807, 2.05) is 0 Å². The highest BCUT2D eigenvalue weighted by Gasteiger charge is 2.18. The SMILES string of the molecule is CCC(CC)C(O)CNCC(=O)N1CCOCC1. The number of aliphatic hydroxyl groups excluding tert-OH is 1. The zero-order chi connectivity index (χ0) is 13.4. The van der Waals surface area contributed by atoms with Gasteiger partial charge in [-0.15, -0.1) is 0 Å². The van der Waals surface area contributed by atoms with Gasteiger partial charge in [0, 0.05) is 19.6 Å². The average molecular weight is 258 g/mol. The van der Waals surface area contributed by atoms with Crippen molar-refractivity contribution in [2.75, 3.05) is 39.4 Å². The highest BCUT2D eigenvalue weighted by molar-refractivity contribution is 5.78. The minimum absolute atomic E-state index is 0.0926. The monoisotopic (exact) mass is 258 g/mol. The number of nitrogens with zero attached hydrogens (tertiary/aromatic N) is 1. The third-order valence-corrected chi connectivity index (χ3v) is 3.59. The highest BCUT2D eigenvalue weighted by Crippen LogP contribution is 2.12. The molecular formula is C13H26N2O3. The highest BCUT2D eigenvalue weighted by atomic mass is 16.5. The summed E-state index contributed by atoms with van der Waals surface area (Å²) in [6.07, 6.45) is 1.57. The van der Waals surface area contributed by atoms with E-state index in [1.165, 1.54) is 0 Å². The fourth-order valence-electron chi connectivity index (χ4n) is 2.25. The topological polar surface area (TPSA) is 61.8 Å². The van der Waals surface area contributed by atoms with E-state index in [2.05, 4.69) is 19.2 Å². The van der Waals surface area contributed by atoms with E-state index in [-0.39, 0.29) is 12.0 Å². The second-order valence-corrected chi connectivity index (χ2v) is 4.77. The van der Waals surface area contributed by atoms with Gasteiger partial charge in [0.25, 0.3) is 0 Å². The van der Waals surface area contributed by atoms with Gasteiger partial charge in [0.2, 0.25) is 5.91 Å². The van der Waals surface area contributed by atoms with Crippen LogP contribution in [0.2, 0.25) is 0 Å². The fourth-order valence-corrected chi connectivity index (χ4v) is 2.25. The van der Waals surface area contributed by atoms with Crippen molar-refractivity contribution in [1.82, 2.24) is 10.2 Å². The number of nitrogens with one attached hydrogen (secondary N) is 1. The van der Waals surface area contributed by atoms with Crippen LogP contribution in [0.3, 0.4) is 0 Å². The summed E-state index contributed by atoms with van der Waals surface area (Å²) in [6, 6.07) is 0. The standard InChI is InChI=1S/C13H26N2O3/c1-3-11(4-2)12(16)9-14-10-13(17)15-5-7-18-8-6-15/h11-12,14,16H,3-10H2,1-2H3. The number of ether oxygens (including phenoxy) is 1. The first-order valence-electron chi connectivity index (χ1n) is 6.93. The van der Waals surface area contributed by atoms with Gasteiger partial charge in [-0.2, -0.15) is 0 Å². The molecule has 1 heterocycles. The summed E-state index contributed by atoms with van der Waals surface area (Å²) in [5, 5.41) is 13.0. The molecule has 106 valence electrons. The van der Waals surface area contributed by atoms with Gasteiger partial charge in [0.1, 0.15) is 0 Å². The Kier molecular flexibility index (Phi) is 7.23. The van der Waals surface area contributed by atoms with E-state index in [9.17, 15) is 9.90 Å². The Labute approximate surface area is 109 Å². The number of amides is 1. The second-order valence-electron chi connectivity index (χ2n) is 4.77. The minimum Gasteiger partial charge on any atom is -0.392 e. The Balaban J connectivity index is 2.18. The summed E-state index contributed by atoms with van der Waals surface area (Å²) >= 11 is 0. The van der Waals surface area contributed by atoms with Gasteiger partial charge in [-0.05, 0) is 5.92 Å². The van der Waals surface area contributed by atoms with Crippen molar-refractivity contribution in [3.63, 3.8) is 0 Å². The largest absolute Gasteiger partial charge is 0.392 e. The first-order valence-corrected chi connectivity index (χ1v) is 6.93. The molecule has 5 heteroatoms. The Morgan fingerprint density at radius 2 is 1.94 bits per heavy atom. The third kappa shape index (κ3) is 4.92. The first kappa shape index (κ1) is 15.4. The maximum absolute atomic E-state index is 11.8. The van der Waals surface area contributed by atoms with Crippen molar-refractivity contribution in [3.05, 3.63) is 0 Å². The van der Waals surface area contributed by atoms with E-state index in [0.717, 1.165) is 12.8 Å². The van der Waals surface area contributed by atoms with Crippen LogP contribution in [0.1, 0.15) is 26.7 Å². The fraction of sp³-hybridized carbons (Fsp3) is 0.923. The molecule has 2 N–H and O–H groups in total. The molecule has 0 saturated carbocycles. The molecule has 0 radical (unpaired) electrons. The van der Waals surface area contributed by atoms with Crippen LogP contribution >= 0.6 is 0 Å². The quantitative estimate of drug-likeness (QED) is 0.686. The van der Waals surface area contributed by atoms with Crippen LogP contribution in [0.25, 0.3) is 0 Å². The van der Waals surface area contributed by atoms with Crippen molar-refractivity contribution in [2.45, 2.75) is 32.8 Å². The van der Waals surface area contributed by atoms with Gasteiger partial charge < -0.3 is 20.1 Å². The molecule has 1 fully saturated rings. The molecule has 0 aromatic heterocycles. The first-order chi connectivity index (χ1) is 8.69. The second kappa shape index (κ2) is 8.45. The summed E-state index contributed by atoms with van der Waals surface area (Å²) in [5.41, 5.74) is 0. The van der Waals surface area contributed by atoms with Gasteiger partial charge in [-0.25, -0.2) is 0 Å². The lowest BCUT2D eigenvalue weighted by Gasteiger charge is -2.27. The van der Waals surface area contributed by atoms with Crippen LogP contribution in [0.4, 0.5) is 0 Å². The van der Waals surface area contributed by atoms with Crippen LogP contribution in [-0.2, 0) is 9.53 Å². The smallest absolute Gasteiger partial charge is 0.236 e. The molecule has 1 saturated heterocycles. The predicted molar refractivity (Wildman–Crippen MR) is 70.3 cm³/mol. The molecule has 1 rings (SSSR count). The van der Waals surface area contributed by atoms with Gasteiger partial charge >= 0.3 is 0 Å². The zero-order valence-corrected chi connectivity index (χ0v) is 11.5. The number of hydrogen-bond donors (Lipinski definition) is 2. The normalized spacial score (nSPS) is 18.1. The summed E-state index contributed by atoms with van der Waals surface area (Å²) in [5.74, 6) is 0.408. The van der Waals surface area contributed by atoms with Crippen molar-refractivity contribution in [3.8, 4) is 0 Å². The number of morpholine rings is 1. The molecule has 0 aromatic carbocycles. The molecule has 1 aliphatic rings. The summed E-state index contributed by atoms with van der Waals surface area (Å²) in [7, 11) is 0.